The molecule has 2 aromatic heterocycles. The highest BCUT2D eigenvalue weighted by Crippen LogP contribution is 2.34. The molecule has 8 heteroatoms. The first-order valence-corrected chi connectivity index (χ1v) is 8.17. The lowest BCUT2D eigenvalue weighted by molar-refractivity contribution is -0.137. The van der Waals surface area contributed by atoms with Crippen molar-refractivity contribution in [2.75, 3.05) is 7.05 Å². The molecule has 0 spiro atoms. The van der Waals surface area contributed by atoms with Gasteiger partial charge < -0.3 is 5.32 Å². The minimum Gasteiger partial charge on any atom is -0.355 e. The lowest BCUT2D eigenvalue weighted by atomic mass is 10.1. The number of amides is 1. The van der Waals surface area contributed by atoms with Crippen LogP contribution in [0.5, 0.6) is 0 Å². The summed E-state index contributed by atoms with van der Waals surface area (Å²) in [6, 6.07) is 10.2. The number of hydrogen-bond donors (Lipinski definition) is 1. The highest BCUT2D eigenvalue weighted by Gasteiger charge is 2.30. The van der Waals surface area contributed by atoms with Gasteiger partial charge in [-0.25, -0.2) is 0 Å². The Bertz CT molecular complexity index is 1170. The fourth-order valence-corrected chi connectivity index (χ4v) is 3.24. The van der Waals surface area contributed by atoms with Gasteiger partial charge in [-0.1, -0.05) is 0 Å². The minimum atomic E-state index is -4.39. The van der Waals surface area contributed by atoms with E-state index in [0.29, 0.717) is 16.9 Å². The van der Waals surface area contributed by atoms with Crippen LogP contribution in [-0.2, 0) is 13.2 Å². The summed E-state index contributed by atoms with van der Waals surface area (Å²) in [4.78, 5) is 12.0. The van der Waals surface area contributed by atoms with Gasteiger partial charge in [0.25, 0.3) is 5.91 Å². The van der Waals surface area contributed by atoms with Crippen LogP contribution in [0.15, 0.2) is 48.7 Å². The highest BCUT2D eigenvalue weighted by molar-refractivity contribution is 6.10. The fraction of sp³-hybridized carbons (Fsp3) is 0.158. The Hall–Kier alpha value is -3.29. The monoisotopic (exact) mass is 372 g/mol. The number of alkyl halides is 3. The van der Waals surface area contributed by atoms with Crippen LogP contribution < -0.4 is 5.32 Å². The molecule has 0 saturated heterocycles. The van der Waals surface area contributed by atoms with Crippen molar-refractivity contribution in [2.45, 2.75) is 6.18 Å². The molecule has 1 amide bonds. The van der Waals surface area contributed by atoms with E-state index >= 15 is 0 Å². The van der Waals surface area contributed by atoms with Crippen LogP contribution in [0.3, 0.4) is 0 Å². The lowest BCUT2D eigenvalue weighted by Gasteiger charge is -2.10. The van der Waals surface area contributed by atoms with Crippen LogP contribution in [0.25, 0.3) is 27.6 Å². The smallest absolute Gasteiger partial charge is 0.355 e. The van der Waals surface area contributed by atoms with Gasteiger partial charge >= 0.3 is 6.18 Å². The predicted octanol–water partition coefficient (Wildman–Crippen LogP) is 3.90. The highest BCUT2D eigenvalue weighted by atomic mass is 19.4. The third-order valence-electron chi connectivity index (χ3n) is 4.49. The Balaban J connectivity index is 1.97. The first-order valence-electron chi connectivity index (χ1n) is 8.17. The predicted molar refractivity (Wildman–Crippen MR) is 95.9 cm³/mol. The van der Waals surface area contributed by atoms with Gasteiger partial charge in [-0.2, -0.15) is 18.3 Å². The number of aryl methyl sites for hydroxylation is 1. The second-order valence-corrected chi connectivity index (χ2v) is 6.23. The molecular weight excluding hydrogens is 357 g/mol. The van der Waals surface area contributed by atoms with E-state index in [1.54, 1.807) is 41.5 Å². The van der Waals surface area contributed by atoms with Gasteiger partial charge in [0, 0.05) is 42.3 Å². The average molecular weight is 372 g/mol. The van der Waals surface area contributed by atoms with Gasteiger partial charge in [-0.05, 0) is 42.5 Å². The Morgan fingerprint density at radius 2 is 1.78 bits per heavy atom. The Labute approximate surface area is 152 Å². The van der Waals surface area contributed by atoms with Gasteiger partial charge in [-0.3, -0.25) is 14.0 Å². The molecule has 1 N–H and O–H groups in total. The number of hydrogen-bond acceptors (Lipinski definition) is 2. The summed E-state index contributed by atoms with van der Waals surface area (Å²) in [6.07, 6.45) is -2.56. The van der Waals surface area contributed by atoms with Crippen molar-refractivity contribution in [3.8, 4) is 5.69 Å². The number of fused-ring (bicyclic) bond motifs is 3. The average Bonchev–Trinajstić information content (AvgIpc) is 3.14. The third kappa shape index (κ3) is 2.73. The van der Waals surface area contributed by atoms with E-state index in [-0.39, 0.29) is 5.91 Å². The van der Waals surface area contributed by atoms with Crippen LogP contribution in [-0.4, -0.2) is 27.3 Å². The summed E-state index contributed by atoms with van der Waals surface area (Å²) in [5.41, 5.74) is 1.73. The summed E-state index contributed by atoms with van der Waals surface area (Å²) >= 11 is 0. The van der Waals surface area contributed by atoms with Gasteiger partial charge in [0.15, 0.2) is 5.65 Å². The first-order chi connectivity index (χ1) is 12.8. The van der Waals surface area contributed by atoms with Gasteiger partial charge in [-0.15, -0.1) is 0 Å². The van der Waals surface area contributed by atoms with Crippen molar-refractivity contribution < 1.29 is 18.0 Å². The van der Waals surface area contributed by atoms with Crippen molar-refractivity contribution in [1.29, 1.82) is 0 Å². The largest absolute Gasteiger partial charge is 0.416 e. The van der Waals surface area contributed by atoms with Crippen LogP contribution in [0.1, 0.15) is 15.9 Å². The molecule has 0 atom stereocenters. The summed E-state index contributed by atoms with van der Waals surface area (Å²) in [5.74, 6) is -0.212. The molecule has 27 heavy (non-hydrogen) atoms. The molecular formula is C19H15F3N4O. The van der Waals surface area contributed by atoms with Crippen molar-refractivity contribution in [3.05, 3.63) is 59.8 Å². The van der Waals surface area contributed by atoms with Gasteiger partial charge in [0.05, 0.1) is 11.1 Å². The summed E-state index contributed by atoms with van der Waals surface area (Å²) in [6.45, 7) is 0. The van der Waals surface area contributed by atoms with Gasteiger partial charge in [0.2, 0.25) is 0 Å². The Kier molecular flexibility index (Phi) is 3.73. The Morgan fingerprint density at radius 1 is 1.07 bits per heavy atom. The second-order valence-electron chi connectivity index (χ2n) is 6.23. The number of aromatic nitrogens is 3. The van der Waals surface area contributed by atoms with E-state index in [0.717, 1.165) is 28.4 Å². The van der Waals surface area contributed by atoms with E-state index in [2.05, 4.69) is 10.4 Å². The number of carbonyl (C=O) groups is 1. The molecule has 0 aliphatic heterocycles. The van der Waals surface area contributed by atoms with E-state index < -0.39 is 11.7 Å². The molecule has 0 bridgehead atoms. The molecule has 2 aromatic carbocycles. The number of nitrogens with zero attached hydrogens (tertiary/aromatic N) is 3. The molecule has 0 saturated carbocycles. The summed E-state index contributed by atoms with van der Waals surface area (Å²) in [7, 11) is 3.32. The molecule has 4 rings (SSSR count). The summed E-state index contributed by atoms with van der Waals surface area (Å²) < 4.78 is 42.0. The van der Waals surface area contributed by atoms with Crippen molar-refractivity contribution in [1.82, 2.24) is 19.7 Å². The number of benzene rings is 2. The lowest BCUT2D eigenvalue weighted by Crippen LogP contribution is -2.17. The maximum Gasteiger partial charge on any atom is 0.416 e. The van der Waals surface area contributed by atoms with Crippen LogP contribution in [0, 0.1) is 0 Å². The fourth-order valence-electron chi connectivity index (χ4n) is 3.24. The number of nitrogens with one attached hydrogen (secondary N) is 1. The van der Waals surface area contributed by atoms with Crippen LogP contribution in [0.2, 0.25) is 0 Å². The molecule has 0 radical (unpaired) electrons. The van der Waals surface area contributed by atoms with Crippen LogP contribution >= 0.6 is 0 Å². The number of carbonyl (C=O) groups excluding carboxylic acids is 1. The molecule has 0 aliphatic rings. The third-order valence-corrected chi connectivity index (χ3v) is 4.49. The van der Waals surface area contributed by atoms with E-state index in [1.807, 2.05) is 6.20 Å². The van der Waals surface area contributed by atoms with Crippen LogP contribution in [0.4, 0.5) is 13.2 Å². The number of rotatable bonds is 2. The summed E-state index contributed by atoms with van der Waals surface area (Å²) in [5, 5.41) is 8.66. The zero-order valence-electron chi connectivity index (χ0n) is 14.5. The molecule has 0 aliphatic carbocycles. The van der Waals surface area contributed by atoms with Gasteiger partial charge in [0.1, 0.15) is 0 Å². The Morgan fingerprint density at radius 3 is 2.41 bits per heavy atom. The van der Waals surface area contributed by atoms with E-state index in [4.69, 9.17) is 0 Å². The normalized spacial score (nSPS) is 12.0. The molecule has 0 fully saturated rings. The molecule has 0 unspecified atom stereocenters. The second kappa shape index (κ2) is 5.87. The molecule has 138 valence electrons. The molecule has 5 nitrogen and oxygen atoms in total. The zero-order valence-corrected chi connectivity index (χ0v) is 14.5. The number of halogens is 3. The van der Waals surface area contributed by atoms with Crippen molar-refractivity contribution in [2.24, 2.45) is 7.05 Å². The maximum atomic E-state index is 12.9. The first kappa shape index (κ1) is 17.1. The molecule has 4 aromatic rings. The zero-order chi connectivity index (χ0) is 19.3. The maximum absolute atomic E-state index is 12.9. The topological polar surface area (TPSA) is 51.9 Å². The van der Waals surface area contributed by atoms with Crippen molar-refractivity contribution >= 4 is 27.8 Å². The standard InChI is InChI=1S/C19H15F3N4O/c1-23-18(27)11-3-8-16-14(9-11)15-10-25(2)24-17(15)26(16)13-6-4-12(5-7-13)19(20,21)22/h3-10H,1-2H3,(H,23,27). The minimum absolute atomic E-state index is 0.212. The van der Waals surface area contributed by atoms with E-state index in [1.165, 1.54) is 12.1 Å². The van der Waals surface area contributed by atoms with Crippen molar-refractivity contribution in [3.63, 3.8) is 0 Å². The van der Waals surface area contributed by atoms with E-state index in [9.17, 15) is 18.0 Å². The quantitative estimate of drug-likeness (QED) is 0.580. The molecule has 2 heterocycles. The SMILES string of the molecule is CNC(=O)c1ccc2c(c1)c1cn(C)nc1n2-c1ccc(C(F)(F)F)cc1.